The summed E-state index contributed by atoms with van der Waals surface area (Å²) in [5.74, 6) is -0.0230. The highest BCUT2D eigenvalue weighted by molar-refractivity contribution is 6.06. The van der Waals surface area contributed by atoms with Crippen LogP contribution in [0.1, 0.15) is 33.7 Å². The number of hydrogen-bond donors (Lipinski definition) is 1. The Bertz CT molecular complexity index is 693. The Kier molecular flexibility index (Phi) is 3.00. The topological polar surface area (TPSA) is 58.2 Å². The van der Waals surface area contributed by atoms with Crippen molar-refractivity contribution in [3.05, 3.63) is 46.8 Å². The van der Waals surface area contributed by atoms with Crippen molar-refractivity contribution in [2.45, 2.75) is 25.9 Å². The minimum atomic E-state index is -0.0230. The van der Waals surface area contributed by atoms with E-state index in [0.29, 0.717) is 18.9 Å². The molecule has 0 saturated carbocycles. The lowest BCUT2D eigenvalue weighted by atomic mass is 10.0. The number of carbonyl (C=O) groups excluding carboxylic acids is 1. The maximum Gasteiger partial charge on any atom is 0.279 e. The van der Waals surface area contributed by atoms with Gasteiger partial charge >= 0.3 is 0 Å². The number of aromatic amines is 1. The Labute approximate surface area is 122 Å². The van der Waals surface area contributed by atoms with Gasteiger partial charge < -0.3 is 9.64 Å². The van der Waals surface area contributed by atoms with Crippen LogP contribution in [-0.2, 0) is 24.2 Å². The van der Waals surface area contributed by atoms with Crippen molar-refractivity contribution >= 4 is 11.6 Å². The number of benzene rings is 1. The van der Waals surface area contributed by atoms with Crippen LogP contribution in [0.5, 0.6) is 0 Å². The van der Waals surface area contributed by atoms with E-state index in [4.69, 9.17) is 4.74 Å². The minimum Gasteiger partial charge on any atom is -0.376 e. The van der Waals surface area contributed by atoms with Gasteiger partial charge in [-0.15, -0.1) is 0 Å². The maximum absolute atomic E-state index is 12.9. The molecule has 0 atom stereocenters. The number of nitrogens with one attached hydrogen (secondary N) is 1. The zero-order valence-corrected chi connectivity index (χ0v) is 11.8. The van der Waals surface area contributed by atoms with E-state index in [1.54, 1.807) is 0 Å². The molecule has 0 unspecified atom stereocenters. The van der Waals surface area contributed by atoms with Gasteiger partial charge in [-0.05, 0) is 24.5 Å². The number of H-pyrrole nitrogens is 1. The summed E-state index contributed by atoms with van der Waals surface area (Å²) >= 11 is 0. The fraction of sp³-hybridized carbons (Fsp3) is 0.375. The van der Waals surface area contributed by atoms with Gasteiger partial charge in [0.25, 0.3) is 5.91 Å². The van der Waals surface area contributed by atoms with E-state index in [1.165, 1.54) is 5.56 Å². The van der Waals surface area contributed by atoms with Crippen molar-refractivity contribution in [2.75, 3.05) is 18.1 Å². The van der Waals surface area contributed by atoms with E-state index >= 15 is 0 Å². The number of para-hydroxylation sites is 1. The van der Waals surface area contributed by atoms with Crippen LogP contribution in [0.15, 0.2) is 24.3 Å². The van der Waals surface area contributed by atoms with Crippen molar-refractivity contribution in [3.63, 3.8) is 0 Å². The zero-order chi connectivity index (χ0) is 14.2. The van der Waals surface area contributed by atoms with Crippen molar-refractivity contribution in [3.8, 4) is 0 Å². The molecule has 0 fully saturated rings. The number of nitrogens with zero attached hydrogens (tertiary/aromatic N) is 2. The van der Waals surface area contributed by atoms with Gasteiger partial charge in [-0.2, -0.15) is 5.10 Å². The first-order valence-corrected chi connectivity index (χ1v) is 7.38. The van der Waals surface area contributed by atoms with E-state index in [1.807, 2.05) is 23.1 Å². The van der Waals surface area contributed by atoms with E-state index in [9.17, 15) is 4.79 Å². The number of ether oxygens (including phenoxy) is 1. The summed E-state index contributed by atoms with van der Waals surface area (Å²) in [6.07, 6.45) is 2.82. The van der Waals surface area contributed by atoms with Crippen molar-refractivity contribution in [2.24, 2.45) is 0 Å². The SMILES string of the molecule is O=C(c1n[nH]c2c1COCC2)N1CCCc2ccccc21. The molecule has 1 N–H and O–H groups in total. The molecule has 2 aliphatic heterocycles. The molecule has 0 spiro atoms. The standard InChI is InChI=1S/C16H17N3O2/c20-16(15-12-10-21-9-7-13(12)17-18-15)19-8-3-5-11-4-1-2-6-14(11)19/h1-2,4,6H,3,5,7-10H2,(H,17,18). The number of aromatic nitrogens is 2. The van der Waals surface area contributed by atoms with Crippen LogP contribution in [0, 0.1) is 0 Å². The molecular weight excluding hydrogens is 266 g/mol. The van der Waals surface area contributed by atoms with Gasteiger partial charge in [0.05, 0.1) is 13.2 Å². The second kappa shape index (κ2) is 5.00. The third kappa shape index (κ3) is 2.05. The molecule has 108 valence electrons. The number of amides is 1. The summed E-state index contributed by atoms with van der Waals surface area (Å²) in [4.78, 5) is 14.7. The highest BCUT2D eigenvalue weighted by Gasteiger charge is 2.29. The predicted molar refractivity (Wildman–Crippen MR) is 78.4 cm³/mol. The number of hydrogen-bond acceptors (Lipinski definition) is 3. The Morgan fingerprint density at radius 1 is 1.29 bits per heavy atom. The first kappa shape index (κ1) is 12.6. The fourth-order valence-electron chi connectivity index (χ4n) is 3.16. The third-order valence-corrected chi connectivity index (χ3v) is 4.25. The summed E-state index contributed by atoms with van der Waals surface area (Å²) in [7, 11) is 0. The van der Waals surface area contributed by atoms with Crippen molar-refractivity contribution in [1.82, 2.24) is 10.2 Å². The average molecular weight is 283 g/mol. The molecule has 5 nitrogen and oxygen atoms in total. The molecule has 4 rings (SSSR count). The molecule has 1 amide bonds. The average Bonchev–Trinajstić information content (AvgIpc) is 2.98. The summed E-state index contributed by atoms with van der Waals surface area (Å²) in [6, 6.07) is 8.12. The second-order valence-electron chi connectivity index (χ2n) is 5.52. The predicted octanol–water partition coefficient (Wildman–Crippen LogP) is 2.08. The first-order chi connectivity index (χ1) is 10.3. The lowest BCUT2D eigenvalue weighted by Gasteiger charge is -2.29. The lowest BCUT2D eigenvalue weighted by Crippen LogP contribution is -2.36. The monoisotopic (exact) mass is 283 g/mol. The van der Waals surface area contributed by atoms with E-state index < -0.39 is 0 Å². The first-order valence-electron chi connectivity index (χ1n) is 7.38. The van der Waals surface area contributed by atoms with Crippen LogP contribution >= 0.6 is 0 Å². The summed E-state index contributed by atoms with van der Waals surface area (Å²) in [6.45, 7) is 1.91. The summed E-state index contributed by atoms with van der Waals surface area (Å²) in [5, 5.41) is 7.24. The smallest absolute Gasteiger partial charge is 0.279 e. The number of fused-ring (bicyclic) bond motifs is 2. The molecule has 5 heteroatoms. The fourth-order valence-corrected chi connectivity index (χ4v) is 3.16. The van der Waals surface area contributed by atoms with Crippen LogP contribution in [-0.4, -0.2) is 29.3 Å². The zero-order valence-electron chi connectivity index (χ0n) is 11.8. The number of anilines is 1. The molecule has 3 heterocycles. The molecule has 2 aliphatic rings. The van der Waals surface area contributed by atoms with E-state index in [0.717, 1.165) is 42.8 Å². The van der Waals surface area contributed by atoms with Crippen LogP contribution in [0.25, 0.3) is 0 Å². The van der Waals surface area contributed by atoms with Crippen molar-refractivity contribution < 1.29 is 9.53 Å². The highest BCUT2D eigenvalue weighted by atomic mass is 16.5. The third-order valence-electron chi connectivity index (χ3n) is 4.25. The lowest BCUT2D eigenvalue weighted by molar-refractivity contribution is 0.0953. The number of carbonyl (C=O) groups is 1. The van der Waals surface area contributed by atoms with Gasteiger partial charge in [0.2, 0.25) is 0 Å². The van der Waals surface area contributed by atoms with E-state index in [-0.39, 0.29) is 5.91 Å². The Morgan fingerprint density at radius 2 is 2.19 bits per heavy atom. The van der Waals surface area contributed by atoms with Crippen molar-refractivity contribution in [1.29, 1.82) is 0 Å². The molecule has 0 saturated heterocycles. The molecule has 21 heavy (non-hydrogen) atoms. The molecule has 0 aliphatic carbocycles. The maximum atomic E-state index is 12.9. The van der Waals surface area contributed by atoms with Crippen LogP contribution in [0.4, 0.5) is 5.69 Å². The van der Waals surface area contributed by atoms with E-state index in [2.05, 4.69) is 16.3 Å². The quantitative estimate of drug-likeness (QED) is 0.871. The molecule has 1 aromatic carbocycles. The molecule has 0 bridgehead atoms. The summed E-state index contributed by atoms with van der Waals surface area (Å²) in [5.41, 5.74) is 4.73. The Balaban J connectivity index is 1.71. The molecule has 2 aromatic rings. The van der Waals surface area contributed by atoms with Gasteiger partial charge in [0.15, 0.2) is 5.69 Å². The van der Waals surface area contributed by atoms with Crippen LogP contribution in [0.2, 0.25) is 0 Å². The highest BCUT2D eigenvalue weighted by Crippen LogP contribution is 2.29. The summed E-state index contributed by atoms with van der Waals surface area (Å²) < 4.78 is 5.47. The largest absolute Gasteiger partial charge is 0.376 e. The second-order valence-corrected chi connectivity index (χ2v) is 5.52. The Morgan fingerprint density at radius 3 is 3.14 bits per heavy atom. The number of rotatable bonds is 1. The van der Waals surface area contributed by atoms with Gasteiger partial charge in [-0.25, -0.2) is 0 Å². The minimum absolute atomic E-state index is 0.0230. The number of aryl methyl sites for hydroxylation is 1. The van der Waals surface area contributed by atoms with Gasteiger partial charge in [0.1, 0.15) is 0 Å². The molecular formula is C16H17N3O2. The normalized spacial score (nSPS) is 17.2. The van der Waals surface area contributed by atoms with Gasteiger partial charge in [-0.1, -0.05) is 18.2 Å². The van der Waals surface area contributed by atoms with Crippen LogP contribution < -0.4 is 4.90 Å². The van der Waals surface area contributed by atoms with Gasteiger partial charge in [0, 0.05) is 29.9 Å². The van der Waals surface area contributed by atoms with Crippen LogP contribution in [0.3, 0.4) is 0 Å². The molecule has 1 aromatic heterocycles. The van der Waals surface area contributed by atoms with Gasteiger partial charge in [-0.3, -0.25) is 9.89 Å². The Hall–Kier alpha value is -2.14. The molecule has 0 radical (unpaired) electrons.